The Hall–Kier alpha value is 1.54. The summed E-state index contributed by atoms with van der Waals surface area (Å²) in [6, 6.07) is 0. The lowest BCUT2D eigenvalue weighted by molar-refractivity contribution is -0.121. The van der Waals surface area contributed by atoms with E-state index in [1.807, 2.05) is 0 Å². The molecule has 1 atom stereocenters. The molecule has 1 aliphatic heterocycles. The van der Waals surface area contributed by atoms with Crippen molar-refractivity contribution in [2.24, 2.45) is 0 Å². The van der Waals surface area contributed by atoms with Crippen molar-refractivity contribution in [2.75, 3.05) is 18.1 Å². The van der Waals surface area contributed by atoms with Gasteiger partial charge in [0.05, 0.1) is 6.08 Å². The summed E-state index contributed by atoms with van der Waals surface area (Å²) >= 11 is 5.05. The highest BCUT2D eigenvalue weighted by atomic mass is 33.7. The number of rotatable bonds is 24. The summed E-state index contributed by atoms with van der Waals surface area (Å²) in [6.07, 6.45) is 22.2. The average molecular weight is 619 g/mol. The molecule has 0 fully saturated rings. The minimum absolute atomic E-state index is 0.0892. The third-order valence-corrected chi connectivity index (χ3v) is 28.9. The van der Waals surface area contributed by atoms with Crippen LogP contribution in [-0.4, -0.2) is 32.5 Å². The van der Waals surface area contributed by atoms with Gasteiger partial charge < -0.3 is 0 Å². The summed E-state index contributed by atoms with van der Waals surface area (Å²) in [4.78, 5) is 10.6. The predicted octanol–water partition coefficient (Wildman–Crippen LogP) is 11.1. The van der Waals surface area contributed by atoms with Gasteiger partial charge in [0.15, 0.2) is 11.0 Å². The predicted molar refractivity (Wildman–Crippen MR) is 175 cm³/mol. The van der Waals surface area contributed by atoms with E-state index in [-0.39, 0.29) is 5.91 Å². The summed E-state index contributed by atoms with van der Waals surface area (Å²) in [5, 5.41) is 0. The Morgan fingerprint density at radius 3 is 1.60 bits per heavy atom. The fourth-order valence-corrected chi connectivity index (χ4v) is 26.7. The molecule has 0 N–H and O–H groups in total. The molecule has 0 radical (unpaired) electrons. The fraction of sp³-hybridized carbons (Fsp3) is 0.880. The number of carbonyl (C=O) groups excluding carboxylic acids is 1. The Bertz CT molecular complexity index is 613. The molecule has 35 heavy (non-hydrogen) atoms. The first kappa shape index (κ1) is 34.6. The zero-order valence-corrected chi connectivity index (χ0v) is 28.1. The molecule has 0 saturated carbocycles. The van der Waals surface area contributed by atoms with E-state index in [0.29, 0.717) is 6.54 Å². The molecule has 0 spiro atoms. The second kappa shape index (κ2) is 22.4. The van der Waals surface area contributed by atoms with Crippen LogP contribution in [0, 0.1) is 0 Å². The molecule has 0 saturated heterocycles. The third-order valence-electron chi connectivity index (χ3n) is 5.75. The van der Waals surface area contributed by atoms with Crippen molar-refractivity contribution >= 4 is 76.4 Å². The molecule has 1 heterocycles. The van der Waals surface area contributed by atoms with Crippen molar-refractivity contribution in [3.8, 4) is 0 Å². The molecule has 1 amide bonds. The fourth-order valence-electron chi connectivity index (χ4n) is 3.72. The summed E-state index contributed by atoms with van der Waals surface area (Å²) in [7, 11) is 5.71. The summed E-state index contributed by atoms with van der Waals surface area (Å²) in [5.74, 6) is 2.00. The first-order chi connectivity index (χ1) is 17.0. The molecular formula is C25H49NO2PS6+. The Morgan fingerprint density at radius 2 is 1.17 bits per heavy atom. The molecule has 1 unspecified atom stereocenters. The van der Waals surface area contributed by atoms with Gasteiger partial charge >= 0.3 is 0 Å². The van der Waals surface area contributed by atoms with E-state index >= 15 is 0 Å². The van der Waals surface area contributed by atoms with Crippen molar-refractivity contribution in [3.63, 3.8) is 0 Å². The second-order valence-corrected chi connectivity index (χ2v) is 26.3. The van der Waals surface area contributed by atoms with Gasteiger partial charge in [-0.05, 0) is 40.9 Å². The van der Waals surface area contributed by atoms with Gasteiger partial charge in [-0.25, -0.2) is 4.21 Å². The van der Waals surface area contributed by atoms with Gasteiger partial charge in [-0.2, -0.15) is 0 Å². The SMILES string of the molecule is CCCCCCCCCCCCCCCCN1C(=O)C=C([P+](S)(SSCCC)SSCCC)S1=O. The lowest BCUT2D eigenvalue weighted by Gasteiger charge is -2.18. The Kier molecular flexibility index (Phi) is 22.1. The van der Waals surface area contributed by atoms with Gasteiger partial charge in [-0.1, -0.05) is 104 Å². The molecule has 1 aliphatic rings. The van der Waals surface area contributed by atoms with Gasteiger partial charge in [-0.15, -0.1) is 0 Å². The second-order valence-electron chi connectivity index (χ2n) is 9.08. The van der Waals surface area contributed by atoms with E-state index < -0.39 is 15.9 Å². The molecule has 0 aliphatic carbocycles. The van der Waals surface area contributed by atoms with E-state index in [2.05, 4.69) is 20.8 Å². The Labute approximate surface area is 240 Å². The molecule has 1 rings (SSSR count). The lowest BCUT2D eigenvalue weighted by Crippen LogP contribution is -2.27. The minimum Gasteiger partial charge on any atom is -0.269 e. The topological polar surface area (TPSA) is 37.4 Å². The highest BCUT2D eigenvalue weighted by molar-refractivity contribution is 9.38. The first-order valence-electron chi connectivity index (χ1n) is 13.7. The molecule has 0 aromatic carbocycles. The van der Waals surface area contributed by atoms with Crippen LogP contribution in [0.15, 0.2) is 10.7 Å². The van der Waals surface area contributed by atoms with Crippen LogP contribution in [0.3, 0.4) is 0 Å². The van der Waals surface area contributed by atoms with Crippen LogP contribution in [0.4, 0.5) is 0 Å². The normalized spacial score (nSPS) is 16.3. The third kappa shape index (κ3) is 15.1. The highest BCUT2D eigenvalue weighted by Gasteiger charge is 2.52. The van der Waals surface area contributed by atoms with E-state index in [0.717, 1.165) is 41.8 Å². The number of hydrogen-bond donors (Lipinski definition) is 1. The minimum atomic E-state index is -2.03. The summed E-state index contributed by atoms with van der Waals surface area (Å²) in [6.45, 7) is 7.20. The molecule has 0 bridgehead atoms. The molecule has 3 nitrogen and oxygen atoms in total. The smallest absolute Gasteiger partial charge is 0.263 e. The number of thiol groups is 1. The Morgan fingerprint density at radius 1 is 0.743 bits per heavy atom. The Balaban J connectivity index is 2.26. The van der Waals surface area contributed by atoms with Crippen LogP contribution in [0.2, 0.25) is 0 Å². The van der Waals surface area contributed by atoms with E-state index in [1.165, 1.54) is 77.0 Å². The van der Waals surface area contributed by atoms with E-state index in [1.54, 1.807) is 52.8 Å². The number of amides is 1. The van der Waals surface area contributed by atoms with Gasteiger partial charge in [0, 0.05) is 30.3 Å². The first-order valence-corrected chi connectivity index (χ1v) is 23.6. The van der Waals surface area contributed by atoms with Crippen molar-refractivity contribution < 1.29 is 9.00 Å². The van der Waals surface area contributed by atoms with Gasteiger partial charge in [0.1, 0.15) is 20.8 Å². The lowest BCUT2D eigenvalue weighted by atomic mass is 10.0. The van der Waals surface area contributed by atoms with E-state index in [4.69, 9.17) is 12.2 Å². The number of nitrogens with zero attached hydrogens (tertiary/aromatic N) is 1. The van der Waals surface area contributed by atoms with Gasteiger partial charge in [0.2, 0.25) is 4.65 Å². The van der Waals surface area contributed by atoms with Crippen LogP contribution in [-0.2, 0) is 15.8 Å². The summed E-state index contributed by atoms with van der Waals surface area (Å²) < 4.78 is 15.6. The monoisotopic (exact) mass is 618 g/mol. The van der Waals surface area contributed by atoms with Crippen molar-refractivity contribution in [3.05, 3.63) is 10.7 Å². The molecule has 10 heteroatoms. The van der Waals surface area contributed by atoms with Crippen molar-refractivity contribution in [1.29, 1.82) is 0 Å². The average Bonchev–Trinajstić information content (AvgIpc) is 3.13. The van der Waals surface area contributed by atoms with Crippen LogP contribution in [0.5, 0.6) is 0 Å². The quantitative estimate of drug-likeness (QED) is 0.0502. The number of hydrogen-bond acceptors (Lipinski definition) is 7. The maximum Gasteiger partial charge on any atom is 0.263 e. The zero-order chi connectivity index (χ0) is 25.8. The maximum atomic E-state index is 13.3. The van der Waals surface area contributed by atoms with Crippen LogP contribution in [0.25, 0.3) is 0 Å². The standard InChI is InChI=1S/C25H49NO2PS6/c1-4-7-8-9-10-11-12-13-14-15-16-17-18-19-20-26-24(27)23-25(35(26)28)29(30,33-31-21-5-2)34-32-22-6-3/h23,30H,4-22H2,1-3H3/q+1. The van der Waals surface area contributed by atoms with E-state index in [9.17, 15) is 9.00 Å². The number of carbonyl (C=O) groups is 1. The molecular weight excluding hydrogens is 570 g/mol. The van der Waals surface area contributed by atoms with Crippen LogP contribution in [0.1, 0.15) is 124 Å². The van der Waals surface area contributed by atoms with Crippen LogP contribution >= 0.6 is 59.5 Å². The maximum absolute atomic E-state index is 13.3. The van der Waals surface area contributed by atoms with Crippen molar-refractivity contribution in [2.45, 2.75) is 124 Å². The highest BCUT2D eigenvalue weighted by Crippen LogP contribution is 2.93. The molecule has 206 valence electrons. The molecule has 0 aromatic rings. The van der Waals surface area contributed by atoms with Crippen LogP contribution < -0.4 is 0 Å². The zero-order valence-electron chi connectivity index (χ0n) is 22.2. The van der Waals surface area contributed by atoms with Gasteiger partial charge in [-0.3, -0.25) is 9.10 Å². The van der Waals surface area contributed by atoms with Gasteiger partial charge in [0.25, 0.3) is 10.8 Å². The molecule has 0 aromatic heterocycles. The van der Waals surface area contributed by atoms with Crippen molar-refractivity contribution in [1.82, 2.24) is 4.31 Å². The summed E-state index contributed by atoms with van der Waals surface area (Å²) in [5.41, 5.74) is 0. The number of unbranched alkanes of at least 4 members (excludes halogenated alkanes) is 13. The largest absolute Gasteiger partial charge is 0.269 e.